The number of aromatic amines is 1. The van der Waals surface area contributed by atoms with Crippen LogP contribution in [-0.2, 0) is 6.54 Å². The van der Waals surface area contributed by atoms with Crippen LogP contribution >= 0.6 is 11.6 Å². The van der Waals surface area contributed by atoms with Gasteiger partial charge in [-0.3, -0.25) is 9.78 Å². The summed E-state index contributed by atoms with van der Waals surface area (Å²) >= 11 is 5.58. The fourth-order valence-corrected chi connectivity index (χ4v) is 1.41. The highest BCUT2D eigenvalue weighted by atomic mass is 35.5. The number of alkyl halides is 1. The molecule has 2 rings (SSSR count). The number of nitrogens with one attached hydrogen (secondary N) is 1. The average Bonchev–Trinajstić information content (AvgIpc) is 2.49. The van der Waals surface area contributed by atoms with Crippen LogP contribution in [-0.4, -0.2) is 25.4 Å². The zero-order valence-corrected chi connectivity index (χ0v) is 7.95. The fraction of sp³-hybridized carbons (Fsp3) is 0.286. The van der Waals surface area contributed by atoms with Gasteiger partial charge in [-0.1, -0.05) is 0 Å². The smallest absolute Gasteiger partial charge is 0.280 e. The summed E-state index contributed by atoms with van der Waals surface area (Å²) in [6.45, 7) is 0.550. The van der Waals surface area contributed by atoms with Crippen molar-refractivity contribution < 1.29 is 0 Å². The second kappa shape index (κ2) is 3.30. The van der Waals surface area contributed by atoms with Gasteiger partial charge < -0.3 is 10.3 Å². The SMILES string of the molecule is Nc1nc2c(ncn2CCCl)c(=O)[nH]1. The molecule has 0 unspecified atom stereocenters. The molecule has 0 aliphatic carbocycles. The van der Waals surface area contributed by atoms with E-state index in [9.17, 15) is 4.79 Å². The Morgan fingerprint density at radius 1 is 1.64 bits per heavy atom. The van der Waals surface area contributed by atoms with Gasteiger partial charge in [0.1, 0.15) is 0 Å². The van der Waals surface area contributed by atoms with Crippen molar-refractivity contribution in [3.63, 3.8) is 0 Å². The van der Waals surface area contributed by atoms with Crippen molar-refractivity contribution in [3.05, 3.63) is 16.7 Å². The van der Waals surface area contributed by atoms with E-state index in [2.05, 4.69) is 15.0 Å². The minimum absolute atomic E-state index is 0.0822. The fourth-order valence-electron chi connectivity index (χ4n) is 1.23. The number of anilines is 1. The number of fused-ring (bicyclic) bond motifs is 1. The molecule has 14 heavy (non-hydrogen) atoms. The van der Waals surface area contributed by atoms with Crippen LogP contribution in [0.4, 0.5) is 5.95 Å². The predicted molar refractivity (Wildman–Crippen MR) is 53.3 cm³/mol. The molecular weight excluding hydrogens is 206 g/mol. The van der Waals surface area contributed by atoms with Crippen molar-refractivity contribution in [2.45, 2.75) is 6.54 Å². The molecule has 74 valence electrons. The number of H-pyrrole nitrogens is 1. The number of rotatable bonds is 2. The zero-order valence-electron chi connectivity index (χ0n) is 7.20. The highest BCUT2D eigenvalue weighted by Gasteiger charge is 2.07. The molecule has 2 heterocycles. The van der Waals surface area contributed by atoms with Crippen molar-refractivity contribution >= 4 is 28.7 Å². The third kappa shape index (κ3) is 1.33. The lowest BCUT2D eigenvalue weighted by molar-refractivity contribution is 0.783. The van der Waals surface area contributed by atoms with Gasteiger partial charge in [0, 0.05) is 12.4 Å². The van der Waals surface area contributed by atoms with Gasteiger partial charge in [0.15, 0.2) is 11.2 Å². The molecule has 0 atom stereocenters. The molecule has 0 amide bonds. The summed E-state index contributed by atoms with van der Waals surface area (Å²) in [7, 11) is 0. The van der Waals surface area contributed by atoms with Crippen LogP contribution in [0.2, 0.25) is 0 Å². The first-order valence-electron chi connectivity index (χ1n) is 3.99. The van der Waals surface area contributed by atoms with Crippen LogP contribution in [0.5, 0.6) is 0 Å². The van der Waals surface area contributed by atoms with Crippen molar-refractivity contribution in [1.82, 2.24) is 19.5 Å². The highest BCUT2D eigenvalue weighted by Crippen LogP contribution is 2.05. The first kappa shape index (κ1) is 9.01. The summed E-state index contributed by atoms with van der Waals surface area (Å²) in [5.74, 6) is 0.513. The van der Waals surface area contributed by atoms with E-state index in [1.807, 2.05) is 0 Å². The van der Waals surface area contributed by atoms with Crippen molar-refractivity contribution in [3.8, 4) is 0 Å². The van der Waals surface area contributed by atoms with E-state index in [0.717, 1.165) is 0 Å². The van der Waals surface area contributed by atoms with Crippen LogP contribution in [0.15, 0.2) is 11.1 Å². The maximum atomic E-state index is 11.3. The predicted octanol–water partition coefficient (Wildman–Crippen LogP) is -0.0594. The van der Waals surface area contributed by atoms with Gasteiger partial charge in [-0.05, 0) is 0 Å². The van der Waals surface area contributed by atoms with Gasteiger partial charge in [-0.25, -0.2) is 4.98 Å². The van der Waals surface area contributed by atoms with Crippen LogP contribution in [0, 0.1) is 0 Å². The molecule has 0 aliphatic heterocycles. The van der Waals surface area contributed by atoms with E-state index in [1.54, 1.807) is 4.57 Å². The minimum atomic E-state index is -0.333. The van der Waals surface area contributed by atoms with Crippen molar-refractivity contribution in [1.29, 1.82) is 0 Å². The summed E-state index contributed by atoms with van der Waals surface area (Å²) in [6.07, 6.45) is 1.52. The first-order valence-corrected chi connectivity index (χ1v) is 4.52. The quantitative estimate of drug-likeness (QED) is 0.684. The lowest BCUT2D eigenvalue weighted by Crippen LogP contribution is -2.12. The Morgan fingerprint density at radius 2 is 2.43 bits per heavy atom. The normalized spacial score (nSPS) is 10.9. The molecule has 0 bridgehead atoms. The van der Waals surface area contributed by atoms with Gasteiger partial charge in [0.25, 0.3) is 5.56 Å². The Balaban J connectivity index is 2.72. The largest absolute Gasteiger partial charge is 0.369 e. The second-order valence-corrected chi connectivity index (χ2v) is 3.13. The Kier molecular flexibility index (Phi) is 2.12. The Bertz CT molecular complexity index is 516. The summed E-state index contributed by atoms with van der Waals surface area (Å²) in [4.78, 5) is 21.6. The first-order chi connectivity index (χ1) is 6.72. The second-order valence-electron chi connectivity index (χ2n) is 2.75. The van der Waals surface area contributed by atoms with Gasteiger partial charge in [-0.2, -0.15) is 4.98 Å². The maximum absolute atomic E-state index is 11.3. The van der Waals surface area contributed by atoms with Gasteiger partial charge in [-0.15, -0.1) is 11.6 Å². The van der Waals surface area contributed by atoms with Crippen LogP contribution in [0.1, 0.15) is 0 Å². The van der Waals surface area contributed by atoms with E-state index in [4.69, 9.17) is 17.3 Å². The molecule has 0 aliphatic rings. The maximum Gasteiger partial charge on any atom is 0.280 e. The third-order valence-electron chi connectivity index (χ3n) is 1.82. The number of nitrogen functional groups attached to an aromatic ring is 1. The van der Waals surface area contributed by atoms with E-state index < -0.39 is 0 Å². The molecule has 0 aromatic carbocycles. The van der Waals surface area contributed by atoms with E-state index >= 15 is 0 Å². The van der Waals surface area contributed by atoms with Crippen LogP contribution in [0.25, 0.3) is 11.2 Å². The summed E-state index contributed by atoms with van der Waals surface area (Å²) in [6, 6.07) is 0. The molecule has 0 radical (unpaired) electrons. The molecule has 7 heteroatoms. The zero-order chi connectivity index (χ0) is 10.1. The average molecular weight is 214 g/mol. The molecule has 2 aromatic heterocycles. The van der Waals surface area contributed by atoms with Crippen LogP contribution in [0.3, 0.4) is 0 Å². The lowest BCUT2D eigenvalue weighted by atomic mass is 10.5. The summed E-state index contributed by atoms with van der Waals surface area (Å²) in [5, 5.41) is 0. The molecular formula is C7H8ClN5O. The van der Waals surface area contributed by atoms with Crippen molar-refractivity contribution in [2.75, 3.05) is 11.6 Å². The number of aryl methyl sites for hydroxylation is 1. The number of aromatic nitrogens is 4. The Morgan fingerprint density at radius 3 is 3.14 bits per heavy atom. The van der Waals surface area contributed by atoms with Gasteiger partial charge in [0.2, 0.25) is 5.95 Å². The number of hydrogen-bond donors (Lipinski definition) is 2. The number of hydrogen-bond acceptors (Lipinski definition) is 4. The van der Waals surface area contributed by atoms with Crippen molar-refractivity contribution in [2.24, 2.45) is 0 Å². The Hall–Kier alpha value is -1.56. The number of halogens is 1. The van der Waals surface area contributed by atoms with Gasteiger partial charge in [0.05, 0.1) is 6.33 Å². The molecule has 2 aromatic rings. The topological polar surface area (TPSA) is 89.6 Å². The van der Waals surface area contributed by atoms with E-state index in [0.29, 0.717) is 18.1 Å². The lowest BCUT2D eigenvalue weighted by Gasteiger charge is -1.99. The standard InChI is InChI=1S/C7H8ClN5O/c8-1-2-13-3-10-4-5(13)11-7(9)12-6(4)14/h3H,1-2H2,(H3,9,11,12,14). The molecule has 0 saturated heterocycles. The van der Waals surface area contributed by atoms with E-state index in [-0.39, 0.29) is 17.0 Å². The third-order valence-corrected chi connectivity index (χ3v) is 1.99. The molecule has 3 N–H and O–H groups in total. The summed E-state index contributed by atoms with van der Waals surface area (Å²) < 4.78 is 1.69. The molecule has 6 nitrogen and oxygen atoms in total. The summed E-state index contributed by atoms with van der Waals surface area (Å²) in [5.41, 5.74) is 5.82. The molecule has 0 fully saturated rings. The number of imidazole rings is 1. The number of nitrogens with zero attached hydrogens (tertiary/aromatic N) is 3. The minimum Gasteiger partial charge on any atom is -0.369 e. The molecule has 0 saturated carbocycles. The Labute approximate surface area is 83.7 Å². The molecule has 0 spiro atoms. The monoisotopic (exact) mass is 213 g/mol. The highest BCUT2D eigenvalue weighted by molar-refractivity contribution is 6.17. The number of nitrogens with two attached hydrogens (primary N) is 1. The van der Waals surface area contributed by atoms with Crippen LogP contribution < -0.4 is 11.3 Å². The van der Waals surface area contributed by atoms with E-state index in [1.165, 1.54) is 6.33 Å². The van der Waals surface area contributed by atoms with Gasteiger partial charge >= 0.3 is 0 Å².